The summed E-state index contributed by atoms with van der Waals surface area (Å²) in [4.78, 5) is 12.0. The van der Waals surface area contributed by atoms with Crippen LogP contribution in [0.15, 0.2) is 59.0 Å². The second-order valence-electron chi connectivity index (χ2n) is 5.71. The van der Waals surface area contributed by atoms with Crippen molar-refractivity contribution in [3.8, 4) is 0 Å². The van der Waals surface area contributed by atoms with Crippen LogP contribution in [0.25, 0.3) is 11.0 Å². The number of halogens is 1. The van der Waals surface area contributed by atoms with Gasteiger partial charge in [-0.1, -0.05) is 41.9 Å². The van der Waals surface area contributed by atoms with Gasteiger partial charge in [-0.2, -0.15) is 0 Å². The van der Waals surface area contributed by atoms with Gasteiger partial charge in [-0.25, -0.2) is 4.79 Å². The number of hydrogen-bond acceptors (Lipinski definition) is 3. The van der Waals surface area contributed by atoms with Crippen LogP contribution in [-0.2, 0) is 5.60 Å². The first kappa shape index (κ1) is 16.4. The second-order valence-corrected chi connectivity index (χ2v) is 6.12. The van der Waals surface area contributed by atoms with Crippen LogP contribution in [0.3, 0.4) is 0 Å². The Bertz CT molecular complexity index is 840. The van der Waals surface area contributed by atoms with E-state index in [4.69, 9.17) is 16.0 Å². The van der Waals surface area contributed by atoms with E-state index in [-0.39, 0.29) is 6.54 Å². The summed E-state index contributed by atoms with van der Waals surface area (Å²) in [5.41, 5.74) is -0.148. The van der Waals surface area contributed by atoms with Gasteiger partial charge >= 0.3 is 6.03 Å². The third-order valence-electron chi connectivity index (χ3n) is 3.67. The maximum Gasteiger partial charge on any atom is 0.319 e. The van der Waals surface area contributed by atoms with Crippen molar-refractivity contribution in [2.24, 2.45) is 0 Å². The van der Waals surface area contributed by atoms with E-state index in [1.165, 1.54) is 0 Å². The predicted molar refractivity (Wildman–Crippen MR) is 94.3 cm³/mol. The smallest absolute Gasteiger partial charge is 0.319 e. The van der Waals surface area contributed by atoms with E-state index in [1.807, 2.05) is 24.3 Å². The molecular formula is C18H17ClN2O3. The summed E-state index contributed by atoms with van der Waals surface area (Å²) >= 11 is 5.99. The number of hydrogen-bond donors (Lipinski definition) is 3. The van der Waals surface area contributed by atoms with Gasteiger partial charge in [-0.3, -0.25) is 0 Å². The number of carbonyl (C=O) groups excluding carboxylic acids is 1. The number of aliphatic hydroxyl groups is 1. The van der Waals surface area contributed by atoms with Crippen LogP contribution in [0, 0.1) is 0 Å². The van der Waals surface area contributed by atoms with Crippen LogP contribution in [0.4, 0.5) is 10.5 Å². The van der Waals surface area contributed by atoms with Crippen LogP contribution >= 0.6 is 11.6 Å². The molecule has 24 heavy (non-hydrogen) atoms. The summed E-state index contributed by atoms with van der Waals surface area (Å²) in [5, 5.41) is 17.2. The lowest BCUT2D eigenvalue weighted by atomic mass is 10.0. The van der Waals surface area contributed by atoms with Gasteiger partial charge in [0.25, 0.3) is 0 Å². The van der Waals surface area contributed by atoms with Gasteiger partial charge in [0.15, 0.2) is 0 Å². The average molecular weight is 345 g/mol. The van der Waals surface area contributed by atoms with E-state index in [1.54, 1.807) is 37.3 Å². The van der Waals surface area contributed by atoms with Crippen molar-refractivity contribution in [1.82, 2.24) is 5.32 Å². The highest BCUT2D eigenvalue weighted by Gasteiger charge is 2.28. The van der Waals surface area contributed by atoms with Crippen LogP contribution in [0.5, 0.6) is 0 Å². The van der Waals surface area contributed by atoms with Crippen LogP contribution in [-0.4, -0.2) is 17.7 Å². The first-order valence-electron chi connectivity index (χ1n) is 7.46. The standard InChI is InChI=1S/C18H17ClN2O3/c1-18(23,16-10-12-6-2-5-9-15(12)24-16)11-20-17(22)21-14-8-4-3-7-13(14)19/h2-10,23H,11H2,1H3,(H2,20,21,22). The molecule has 6 heteroatoms. The molecule has 0 fully saturated rings. The van der Waals surface area contributed by atoms with E-state index in [9.17, 15) is 9.90 Å². The molecule has 124 valence electrons. The molecule has 0 radical (unpaired) electrons. The molecule has 0 aliphatic heterocycles. The number of anilines is 1. The Balaban J connectivity index is 1.66. The Morgan fingerprint density at radius 3 is 2.67 bits per heavy atom. The first-order valence-corrected chi connectivity index (χ1v) is 7.84. The fourth-order valence-corrected chi connectivity index (χ4v) is 2.50. The van der Waals surface area contributed by atoms with Crippen molar-refractivity contribution >= 4 is 34.3 Å². The number of nitrogens with one attached hydrogen (secondary N) is 2. The molecule has 2 amide bonds. The van der Waals surface area contributed by atoms with E-state index in [0.29, 0.717) is 22.1 Å². The first-order chi connectivity index (χ1) is 11.5. The molecule has 0 bridgehead atoms. The maximum atomic E-state index is 12.0. The van der Waals surface area contributed by atoms with Crippen LogP contribution in [0.1, 0.15) is 12.7 Å². The van der Waals surface area contributed by atoms with E-state index >= 15 is 0 Å². The minimum atomic E-state index is -1.34. The number of rotatable bonds is 4. The molecule has 1 aromatic heterocycles. The van der Waals surface area contributed by atoms with Gasteiger partial charge in [-0.05, 0) is 31.2 Å². The topological polar surface area (TPSA) is 74.5 Å². The van der Waals surface area contributed by atoms with Crippen molar-refractivity contribution < 1.29 is 14.3 Å². The van der Waals surface area contributed by atoms with Gasteiger partial charge < -0.3 is 20.2 Å². The van der Waals surface area contributed by atoms with Crippen molar-refractivity contribution in [1.29, 1.82) is 0 Å². The fraction of sp³-hybridized carbons (Fsp3) is 0.167. The van der Waals surface area contributed by atoms with Gasteiger partial charge in [-0.15, -0.1) is 0 Å². The Kier molecular flexibility index (Phi) is 4.46. The van der Waals surface area contributed by atoms with Gasteiger partial charge in [0, 0.05) is 5.39 Å². The molecule has 0 saturated carbocycles. The van der Waals surface area contributed by atoms with E-state index in [2.05, 4.69) is 10.6 Å². The summed E-state index contributed by atoms with van der Waals surface area (Å²) < 4.78 is 5.66. The molecule has 3 aromatic rings. The summed E-state index contributed by atoms with van der Waals surface area (Å²) in [5.74, 6) is 0.391. The van der Waals surface area contributed by atoms with Crippen LogP contribution in [0.2, 0.25) is 5.02 Å². The fourth-order valence-electron chi connectivity index (χ4n) is 2.32. The highest BCUT2D eigenvalue weighted by atomic mass is 35.5. The lowest BCUT2D eigenvalue weighted by molar-refractivity contribution is 0.0388. The van der Waals surface area contributed by atoms with Crippen molar-refractivity contribution in [2.75, 3.05) is 11.9 Å². The molecule has 1 heterocycles. The summed E-state index contributed by atoms with van der Waals surface area (Å²) in [7, 11) is 0. The minimum absolute atomic E-state index is 0.0108. The normalized spacial score (nSPS) is 13.5. The quantitative estimate of drug-likeness (QED) is 0.666. The Morgan fingerprint density at radius 1 is 1.21 bits per heavy atom. The Morgan fingerprint density at radius 2 is 1.92 bits per heavy atom. The Hall–Kier alpha value is -2.50. The molecule has 1 atom stereocenters. The lowest BCUT2D eigenvalue weighted by Crippen LogP contribution is -2.40. The maximum absolute atomic E-state index is 12.0. The summed E-state index contributed by atoms with van der Waals surface area (Å²) in [6, 6.07) is 15.7. The zero-order valence-corrected chi connectivity index (χ0v) is 13.8. The third-order valence-corrected chi connectivity index (χ3v) is 4.00. The largest absolute Gasteiger partial charge is 0.458 e. The summed E-state index contributed by atoms with van der Waals surface area (Å²) in [6.45, 7) is 1.57. The van der Waals surface area contributed by atoms with E-state index in [0.717, 1.165) is 5.39 Å². The second kappa shape index (κ2) is 6.55. The zero-order valence-electron chi connectivity index (χ0n) is 13.0. The van der Waals surface area contributed by atoms with Crippen molar-refractivity contribution in [3.63, 3.8) is 0 Å². The van der Waals surface area contributed by atoms with E-state index < -0.39 is 11.6 Å². The number of furan rings is 1. The predicted octanol–water partition coefficient (Wildman–Crippen LogP) is 4.12. The molecule has 3 N–H and O–H groups in total. The molecule has 0 aliphatic rings. The van der Waals surface area contributed by atoms with Gasteiger partial charge in [0.2, 0.25) is 0 Å². The van der Waals surface area contributed by atoms with Gasteiger partial charge in [0.1, 0.15) is 16.9 Å². The molecule has 1 unspecified atom stereocenters. The SMILES string of the molecule is CC(O)(CNC(=O)Nc1ccccc1Cl)c1cc2ccccc2o1. The minimum Gasteiger partial charge on any atom is -0.458 e. The molecule has 0 saturated heterocycles. The van der Waals surface area contributed by atoms with Crippen molar-refractivity contribution in [3.05, 3.63) is 65.4 Å². The lowest BCUT2D eigenvalue weighted by Gasteiger charge is -2.21. The molecule has 3 rings (SSSR count). The average Bonchev–Trinajstić information content (AvgIpc) is 3.00. The van der Waals surface area contributed by atoms with Gasteiger partial charge in [0.05, 0.1) is 17.3 Å². The Labute approximate surface area is 144 Å². The molecule has 0 aliphatic carbocycles. The number of carbonyl (C=O) groups is 1. The third kappa shape index (κ3) is 3.53. The number of fused-ring (bicyclic) bond motifs is 1. The number of benzene rings is 2. The highest BCUT2D eigenvalue weighted by Crippen LogP contribution is 2.27. The number of amides is 2. The number of urea groups is 1. The highest BCUT2D eigenvalue weighted by molar-refractivity contribution is 6.33. The molecule has 2 aromatic carbocycles. The molecular weight excluding hydrogens is 328 g/mol. The monoisotopic (exact) mass is 344 g/mol. The summed E-state index contributed by atoms with van der Waals surface area (Å²) in [6.07, 6.45) is 0. The number of para-hydroxylation sites is 2. The van der Waals surface area contributed by atoms with Crippen molar-refractivity contribution in [2.45, 2.75) is 12.5 Å². The molecule has 0 spiro atoms. The molecule has 5 nitrogen and oxygen atoms in total. The zero-order chi connectivity index (χ0) is 17.2. The van der Waals surface area contributed by atoms with Crippen LogP contribution < -0.4 is 10.6 Å².